The van der Waals surface area contributed by atoms with Crippen LogP contribution in [0.3, 0.4) is 0 Å². The van der Waals surface area contributed by atoms with Crippen molar-refractivity contribution in [2.45, 2.75) is 49.4 Å². The molecule has 0 aliphatic rings. The summed E-state index contributed by atoms with van der Waals surface area (Å²) in [4.78, 5) is 0. The molecule has 0 bridgehead atoms. The molecule has 0 aliphatic carbocycles. The van der Waals surface area contributed by atoms with Gasteiger partial charge in [0.15, 0.2) is 0 Å². The van der Waals surface area contributed by atoms with Crippen molar-refractivity contribution < 1.29 is 122 Å². The first-order valence-electron chi connectivity index (χ1n) is 17.3. The van der Waals surface area contributed by atoms with Crippen LogP contribution in [0.1, 0.15) is 44.5 Å². The van der Waals surface area contributed by atoms with Crippen LogP contribution in [0.15, 0.2) is 72.8 Å². The number of halogens is 24. The molecule has 27 heteroatoms. The molecular weight excluding hydrogens is 1080 g/mol. The topological polar surface area (TPSA) is 0 Å². The van der Waals surface area contributed by atoms with Gasteiger partial charge < -0.3 is 59.1 Å². The van der Waals surface area contributed by atoms with Crippen LogP contribution in [-0.4, -0.2) is 0 Å². The summed E-state index contributed by atoms with van der Waals surface area (Å²) < 4.78 is 319. The molecule has 0 atom stereocenters. The van der Waals surface area contributed by atoms with Gasteiger partial charge in [-0.1, -0.05) is 21.2 Å². The zero-order chi connectivity index (χ0) is 51.4. The van der Waals surface area contributed by atoms with Crippen LogP contribution in [0.4, 0.5) is 105 Å². The van der Waals surface area contributed by atoms with E-state index in [0.29, 0.717) is 0 Å². The third-order valence-electron chi connectivity index (χ3n) is 8.62. The van der Waals surface area contributed by atoms with Gasteiger partial charge >= 0.3 is 49.4 Å². The molecule has 0 spiro atoms. The van der Waals surface area contributed by atoms with Crippen molar-refractivity contribution in [2.24, 2.45) is 0 Å². The molecule has 6 rings (SSSR count). The van der Waals surface area contributed by atoms with Crippen LogP contribution in [0.25, 0.3) is 0 Å². The molecule has 69 heavy (non-hydrogen) atoms. The predicted octanol–water partition coefficient (Wildman–Crippen LogP) is 12.9. The maximum atomic E-state index is 13.3. The molecule has 0 saturated heterocycles. The Labute approximate surface area is 384 Å². The van der Waals surface area contributed by atoms with Gasteiger partial charge in [-0.15, -0.1) is 0 Å². The van der Waals surface area contributed by atoms with E-state index < -0.39 is 142 Å². The van der Waals surface area contributed by atoms with Crippen LogP contribution in [0.2, 0.25) is 0 Å². The van der Waals surface area contributed by atoms with Gasteiger partial charge in [0, 0.05) is 17.1 Å². The first-order valence-corrected chi connectivity index (χ1v) is 20.0. The standard InChI is InChI=1S/2C21H6F12P.Fe/c2*22-18(23,24)11-5-12(19(25,26)27)8-16(7-11)34(15-3-1-2-4-15)17-9-13(20(28,29)30)6-14(10-17)21(31,32)33;/h2*5-10H;/q2*-5;. The van der Waals surface area contributed by atoms with E-state index in [9.17, 15) is 105 Å². The fraction of sp³-hybridized carbons (Fsp3) is 0.190. The second-order valence-corrected chi connectivity index (χ2v) is 17.7. The summed E-state index contributed by atoms with van der Waals surface area (Å²) in [6.45, 7) is 0. The Morgan fingerprint density at radius 1 is 0.246 bits per heavy atom. The van der Waals surface area contributed by atoms with Gasteiger partial charge in [-0.25, -0.2) is 15.8 Å². The Morgan fingerprint density at radius 3 is 0.493 bits per heavy atom. The molecule has 6 aromatic rings. The Balaban J connectivity index is 0.000000296. The van der Waals surface area contributed by atoms with E-state index in [4.69, 9.17) is 0 Å². The molecule has 0 nitrogen and oxygen atoms in total. The van der Waals surface area contributed by atoms with Gasteiger partial charge in [0.1, 0.15) is 0 Å². The van der Waals surface area contributed by atoms with E-state index in [0.717, 1.165) is 0 Å². The molecule has 0 radical (unpaired) electrons. The zero-order valence-corrected chi connectivity index (χ0v) is 35.1. The normalized spacial score (nSPS) is 13.4. The minimum absolute atomic E-state index is 0. The van der Waals surface area contributed by atoms with Crippen molar-refractivity contribution in [3.63, 3.8) is 0 Å². The van der Waals surface area contributed by atoms with E-state index in [2.05, 4.69) is 48.5 Å². The van der Waals surface area contributed by atoms with Gasteiger partial charge in [0.2, 0.25) is 0 Å². The van der Waals surface area contributed by atoms with Crippen molar-refractivity contribution in [2.75, 3.05) is 0 Å². The first kappa shape index (κ1) is 56.9. The van der Waals surface area contributed by atoms with Gasteiger partial charge in [0.25, 0.3) is 0 Å². The summed E-state index contributed by atoms with van der Waals surface area (Å²) in [6, 6.07) is 18.6. The third kappa shape index (κ3) is 14.2. The minimum Gasteiger partial charge on any atom is -0.998 e. The fourth-order valence-electron chi connectivity index (χ4n) is 5.73. The van der Waals surface area contributed by atoms with Crippen LogP contribution < -0.4 is 31.8 Å². The number of hydrogen-bond acceptors (Lipinski definition) is 0. The fourth-order valence-corrected chi connectivity index (χ4v) is 10.2. The number of hydrogen-bond donors (Lipinski definition) is 0. The van der Waals surface area contributed by atoms with Crippen molar-refractivity contribution in [3.05, 3.63) is 166 Å². The first-order chi connectivity index (χ1) is 30.7. The molecule has 376 valence electrons. The second kappa shape index (κ2) is 19.8. The Hall–Kier alpha value is -4.72. The van der Waals surface area contributed by atoms with E-state index in [1.807, 2.05) is 0 Å². The number of alkyl halides is 24. The summed E-state index contributed by atoms with van der Waals surface area (Å²) in [7, 11) is -5.67. The molecular formula is C42H12F24FeP2-10. The van der Waals surface area contributed by atoms with Crippen molar-refractivity contribution in [1.29, 1.82) is 0 Å². The SMILES string of the molecule is FC(F)(F)c1cc(P(c2cc(C(F)(F)F)cc(C(F)(F)F)c2)[c-]2[c-][c-][c-][c-]2)cc(C(F)(F)F)c1.FC(F)(F)c1cc(P(c2cc(C(F)(F)F)cc(C(F)(F)F)c2)[c-]2[c-][c-][c-][c-]2)cc(C(F)(F)F)c1.[Fe]. The summed E-state index contributed by atoms with van der Waals surface area (Å²) in [5.41, 5.74) is -14.3. The quantitative estimate of drug-likeness (QED) is 0.0675. The second-order valence-electron chi connectivity index (χ2n) is 13.4. The van der Waals surface area contributed by atoms with Crippen LogP contribution in [0, 0.1) is 48.5 Å². The van der Waals surface area contributed by atoms with Gasteiger partial charge in [-0.2, -0.15) is 105 Å². The Bertz CT molecular complexity index is 2210. The van der Waals surface area contributed by atoms with E-state index >= 15 is 0 Å². The molecule has 0 saturated carbocycles. The van der Waals surface area contributed by atoms with Crippen molar-refractivity contribution in [1.82, 2.24) is 0 Å². The monoisotopic (exact) mass is 1090 g/mol. The zero-order valence-electron chi connectivity index (χ0n) is 32.2. The number of rotatable bonds is 6. The smallest absolute Gasteiger partial charge is 0.416 e. The molecule has 0 aromatic heterocycles. The maximum Gasteiger partial charge on any atom is 0.416 e. The average Bonchev–Trinajstić information content (AvgIpc) is 3.91. The molecule has 0 aliphatic heterocycles. The Kier molecular flexibility index (Phi) is 16.3. The van der Waals surface area contributed by atoms with Gasteiger partial charge in [-0.3, -0.25) is 0 Å². The summed E-state index contributed by atoms with van der Waals surface area (Å²) in [5, 5.41) is -4.05. The summed E-state index contributed by atoms with van der Waals surface area (Å²) >= 11 is 0. The van der Waals surface area contributed by atoms with E-state index in [-0.39, 0.29) is 89.9 Å². The molecule has 0 unspecified atom stereocenters. The van der Waals surface area contributed by atoms with Gasteiger partial charge in [0.05, 0.1) is 44.5 Å². The van der Waals surface area contributed by atoms with Gasteiger partial charge in [-0.05, 0) is 72.8 Å². The van der Waals surface area contributed by atoms with Crippen LogP contribution in [-0.2, 0) is 66.5 Å². The third-order valence-corrected chi connectivity index (χ3v) is 13.1. The van der Waals surface area contributed by atoms with E-state index in [1.54, 1.807) is 0 Å². The number of benzene rings is 4. The van der Waals surface area contributed by atoms with E-state index in [1.165, 1.54) is 0 Å². The predicted molar refractivity (Wildman–Crippen MR) is 192 cm³/mol. The maximum absolute atomic E-state index is 13.3. The van der Waals surface area contributed by atoms with Crippen LogP contribution >= 0.6 is 15.8 Å². The minimum atomic E-state index is -5.29. The molecule has 0 amide bonds. The Morgan fingerprint density at radius 2 is 0.377 bits per heavy atom. The van der Waals surface area contributed by atoms with Crippen LogP contribution in [0.5, 0.6) is 0 Å². The molecule has 6 aromatic carbocycles. The van der Waals surface area contributed by atoms with Crippen molar-refractivity contribution in [3.8, 4) is 0 Å². The molecule has 0 heterocycles. The molecule has 0 fully saturated rings. The summed E-state index contributed by atoms with van der Waals surface area (Å²) in [6.07, 6.45) is -42.3. The summed E-state index contributed by atoms with van der Waals surface area (Å²) in [5.74, 6) is 0. The average molecular weight is 1090 g/mol. The molecule has 0 N–H and O–H groups in total. The van der Waals surface area contributed by atoms with Crippen molar-refractivity contribution >= 4 is 47.7 Å². The largest absolute Gasteiger partial charge is 0.998 e.